The third-order valence-electron chi connectivity index (χ3n) is 4.44. The van der Waals surface area contributed by atoms with Crippen molar-refractivity contribution in [2.24, 2.45) is 5.10 Å². The highest BCUT2D eigenvalue weighted by atomic mass is 16.7. The van der Waals surface area contributed by atoms with Crippen molar-refractivity contribution in [2.45, 2.75) is 6.54 Å². The number of hydrogen-bond acceptors (Lipinski definition) is 6. The molecule has 0 saturated carbocycles. The fraction of sp³-hybridized carbons (Fsp3) is 0.100. The van der Waals surface area contributed by atoms with Crippen LogP contribution in [0.3, 0.4) is 0 Å². The monoisotopic (exact) mass is 373 g/mol. The highest BCUT2D eigenvalue weighted by Crippen LogP contribution is 2.31. The SMILES string of the molecule is O=c1c2cnn(Cc3ccccc3)c2ncn1/N=C/c1ccc2c(c1)OCO2. The van der Waals surface area contributed by atoms with Crippen LogP contribution < -0.4 is 15.0 Å². The predicted molar refractivity (Wildman–Crippen MR) is 103 cm³/mol. The first kappa shape index (κ1) is 16.2. The van der Waals surface area contributed by atoms with Gasteiger partial charge in [-0.2, -0.15) is 14.9 Å². The summed E-state index contributed by atoms with van der Waals surface area (Å²) in [6.07, 6.45) is 4.50. The largest absolute Gasteiger partial charge is 0.454 e. The lowest BCUT2D eigenvalue weighted by atomic mass is 10.2. The van der Waals surface area contributed by atoms with E-state index in [9.17, 15) is 4.79 Å². The highest BCUT2D eigenvalue weighted by molar-refractivity contribution is 5.81. The number of benzene rings is 2. The van der Waals surface area contributed by atoms with Crippen LogP contribution >= 0.6 is 0 Å². The summed E-state index contributed by atoms with van der Waals surface area (Å²) in [5.41, 5.74) is 2.13. The Morgan fingerprint density at radius 3 is 2.86 bits per heavy atom. The van der Waals surface area contributed by atoms with Gasteiger partial charge in [0.1, 0.15) is 11.7 Å². The summed E-state index contributed by atoms with van der Waals surface area (Å²) in [6, 6.07) is 15.3. The van der Waals surface area contributed by atoms with Crippen LogP contribution in [0.1, 0.15) is 11.1 Å². The van der Waals surface area contributed by atoms with Crippen molar-refractivity contribution in [2.75, 3.05) is 6.79 Å². The van der Waals surface area contributed by atoms with E-state index >= 15 is 0 Å². The van der Waals surface area contributed by atoms with Crippen LogP contribution in [0.15, 0.2) is 71.0 Å². The quantitative estimate of drug-likeness (QED) is 0.513. The van der Waals surface area contributed by atoms with Gasteiger partial charge >= 0.3 is 0 Å². The van der Waals surface area contributed by atoms with Gasteiger partial charge in [-0.05, 0) is 29.3 Å². The predicted octanol–water partition coefficient (Wildman–Crippen LogP) is 2.25. The maximum absolute atomic E-state index is 12.7. The van der Waals surface area contributed by atoms with Gasteiger partial charge in [-0.3, -0.25) is 4.79 Å². The Morgan fingerprint density at radius 2 is 1.96 bits per heavy atom. The standard InChI is InChI=1S/C20H15N5O3/c26-20-16-10-23-24(11-14-4-2-1-3-5-14)19(16)21-12-25(20)22-9-15-6-7-17-18(8-15)28-13-27-17/h1-10,12H,11,13H2/b22-9+. The van der Waals surface area contributed by atoms with Crippen LogP contribution in [0.4, 0.5) is 0 Å². The summed E-state index contributed by atoms with van der Waals surface area (Å²) in [5.74, 6) is 1.36. The molecule has 1 aliphatic rings. The molecule has 0 bridgehead atoms. The first-order valence-electron chi connectivity index (χ1n) is 8.69. The van der Waals surface area contributed by atoms with Gasteiger partial charge in [-0.15, -0.1) is 0 Å². The average Bonchev–Trinajstić information content (AvgIpc) is 3.35. The van der Waals surface area contributed by atoms with E-state index in [-0.39, 0.29) is 12.4 Å². The molecular weight excluding hydrogens is 358 g/mol. The van der Waals surface area contributed by atoms with E-state index in [0.29, 0.717) is 29.1 Å². The van der Waals surface area contributed by atoms with Crippen LogP contribution in [0.2, 0.25) is 0 Å². The first-order chi connectivity index (χ1) is 13.8. The molecule has 2 aromatic carbocycles. The molecule has 0 unspecified atom stereocenters. The number of aromatic nitrogens is 4. The van der Waals surface area contributed by atoms with Crippen LogP contribution in [0, 0.1) is 0 Å². The minimum atomic E-state index is -0.277. The Hall–Kier alpha value is -3.94. The summed E-state index contributed by atoms with van der Waals surface area (Å²) in [5, 5.41) is 8.95. The van der Waals surface area contributed by atoms with Gasteiger partial charge in [-0.1, -0.05) is 30.3 Å². The smallest absolute Gasteiger partial charge is 0.285 e. The number of fused-ring (bicyclic) bond motifs is 2. The zero-order valence-corrected chi connectivity index (χ0v) is 14.7. The molecule has 28 heavy (non-hydrogen) atoms. The maximum atomic E-state index is 12.7. The molecule has 0 spiro atoms. The fourth-order valence-electron chi connectivity index (χ4n) is 3.03. The molecule has 8 nitrogen and oxygen atoms in total. The average molecular weight is 373 g/mol. The van der Waals surface area contributed by atoms with Gasteiger partial charge in [0.15, 0.2) is 17.1 Å². The Labute approximate surface area is 159 Å². The molecule has 0 N–H and O–H groups in total. The van der Waals surface area contributed by atoms with Gasteiger partial charge in [0.05, 0.1) is 19.0 Å². The summed E-state index contributed by atoms with van der Waals surface area (Å²) < 4.78 is 13.5. The van der Waals surface area contributed by atoms with Crippen molar-refractivity contribution in [1.29, 1.82) is 0 Å². The summed E-state index contributed by atoms with van der Waals surface area (Å²) >= 11 is 0. The minimum absolute atomic E-state index is 0.211. The van der Waals surface area contributed by atoms with Gasteiger partial charge in [-0.25, -0.2) is 9.67 Å². The van der Waals surface area contributed by atoms with Crippen molar-refractivity contribution in [3.8, 4) is 11.5 Å². The van der Waals surface area contributed by atoms with Crippen molar-refractivity contribution < 1.29 is 9.47 Å². The molecular formula is C20H15N5O3. The third kappa shape index (κ3) is 2.90. The van der Waals surface area contributed by atoms with E-state index in [1.165, 1.54) is 17.2 Å². The number of hydrogen-bond donors (Lipinski definition) is 0. The summed E-state index contributed by atoms with van der Waals surface area (Å²) in [7, 11) is 0. The van der Waals surface area contributed by atoms with E-state index < -0.39 is 0 Å². The van der Waals surface area contributed by atoms with Crippen molar-refractivity contribution in [3.05, 3.63) is 82.5 Å². The molecule has 4 aromatic rings. The second kappa shape index (κ2) is 6.66. The van der Waals surface area contributed by atoms with Crippen LogP contribution in [-0.2, 0) is 6.54 Å². The minimum Gasteiger partial charge on any atom is -0.454 e. The second-order valence-corrected chi connectivity index (χ2v) is 6.28. The van der Waals surface area contributed by atoms with Crippen molar-refractivity contribution >= 4 is 17.2 Å². The van der Waals surface area contributed by atoms with E-state index in [4.69, 9.17) is 9.47 Å². The number of rotatable bonds is 4. The molecule has 2 aromatic heterocycles. The molecule has 0 saturated heterocycles. The number of ether oxygens (including phenoxy) is 2. The Morgan fingerprint density at radius 1 is 1.11 bits per heavy atom. The fourth-order valence-corrected chi connectivity index (χ4v) is 3.03. The normalized spacial score (nSPS) is 12.9. The van der Waals surface area contributed by atoms with Crippen molar-refractivity contribution in [1.82, 2.24) is 19.4 Å². The molecule has 0 atom stereocenters. The summed E-state index contributed by atoms with van der Waals surface area (Å²) in [4.78, 5) is 17.1. The Balaban J connectivity index is 1.45. The lowest BCUT2D eigenvalue weighted by Gasteiger charge is -2.03. The van der Waals surface area contributed by atoms with E-state index in [1.54, 1.807) is 17.0 Å². The third-order valence-corrected chi connectivity index (χ3v) is 4.44. The van der Waals surface area contributed by atoms with E-state index in [0.717, 1.165) is 11.1 Å². The second-order valence-electron chi connectivity index (χ2n) is 6.28. The van der Waals surface area contributed by atoms with Gasteiger partial charge in [0.25, 0.3) is 5.56 Å². The maximum Gasteiger partial charge on any atom is 0.285 e. The van der Waals surface area contributed by atoms with Crippen LogP contribution in [0.25, 0.3) is 11.0 Å². The van der Waals surface area contributed by atoms with Crippen molar-refractivity contribution in [3.63, 3.8) is 0 Å². The van der Waals surface area contributed by atoms with Gasteiger partial charge in [0, 0.05) is 0 Å². The lowest BCUT2D eigenvalue weighted by Crippen LogP contribution is -2.17. The zero-order valence-electron chi connectivity index (χ0n) is 14.7. The molecule has 5 rings (SSSR count). The van der Waals surface area contributed by atoms with Crippen LogP contribution in [0.5, 0.6) is 11.5 Å². The molecule has 0 aliphatic carbocycles. The molecule has 138 valence electrons. The highest BCUT2D eigenvalue weighted by Gasteiger charge is 2.13. The zero-order chi connectivity index (χ0) is 18.9. The first-order valence-corrected chi connectivity index (χ1v) is 8.69. The van der Waals surface area contributed by atoms with Crippen LogP contribution in [-0.4, -0.2) is 32.4 Å². The Bertz CT molecular complexity index is 1240. The molecule has 8 heteroatoms. The van der Waals surface area contributed by atoms with Gasteiger partial charge < -0.3 is 9.47 Å². The molecule has 0 radical (unpaired) electrons. The van der Waals surface area contributed by atoms with E-state index in [2.05, 4.69) is 15.2 Å². The topological polar surface area (TPSA) is 83.5 Å². The van der Waals surface area contributed by atoms with Gasteiger partial charge in [0.2, 0.25) is 6.79 Å². The molecule has 3 heterocycles. The lowest BCUT2D eigenvalue weighted by molar-refractivity contribution is 0.174. The number of nitrogens with zero attached hydrogens (tertiary/aromatic N) is 5. The summed E-state index contributed by atoms with van der Waals surface area (Å²) in [6.45, 7) is 0.754. The molecule has 1 aliphatic heterocycles. The molecule has 0 amide bonds. The Kier molecular flexibility index (Phi) is 3.86. The van der Waals surface area contributed by atoms with E-state index in [1.807, 2.05) is 42.5 Å². The molecule has 0 fully saturated rings.